The second-order valence-corrected chi connectivity index (χ2v) is 8.01. The minimum atomic E-state index is -0.0295. The van der Waals surface area contributed by atoms with E-state index in [2.05, 4.69) is 12.1 Å². The van der Waals surface area contributed by atoms with E-state index in [0.29, 0.717) is 17.6 Å². The molecule has 0 radical (unpaired) electrons. The van der Waals surface area contributed by atoms with Crippen molar-refractivity contribution in [2.45, 2.75) is 11.7 Å². The highest BCUT2D eigenvalue weighted by Crippen LogP contribution is 2.40. The van der Waals surface area contributed by atoms with Crippen molar-refractivity contribution in [2.75, 3.05) is 25.6 Å². The highest BCUT2D eigenvalue weighted by atomic mass is 32.2. The maximum Gasteiger partial charge on any atom is 0.289 e. The van der Waals surface area contributed by atoms with Crippen molar-refractivity contribution in [1.29, 1.82) is 0 Å². The number of carbonyl (C=O) groups is 1. The van der Waals surface area contributed by atoms with Gasteiger partial charge in [-0.2, -0.15) is 11.8 Å². The Bertz CT molecular complexity index is 966. The highest BCUT2D eigenvalue weighted by molar-refractivity contribution is 7.99. The van der Waals surface area contributed by atoms with Crippen molar-refractivity contribution in [2.24, 2.45) is 0 Å². The van der Waals surface area contributed by atoms with Gasteiger partial charge in [0.1, 0.15) is 5.58 Å². The monoisotopic (exact) mass is 381 g/mol. The van der Waals surface area contributed by atoms with Crippen LogP contribution in [0.1, 0.15) is 27.8 Å². The normalized spacial score (nSPS) is 19.3. The summed E-state index contributed by atoms with van der Waals surface area (Å²) in [6.07, 6.45) is 0.899. The van der Waals surface area contributed by atoms with Crippen LogP contribution in [0.4, 0.5) is 0 Å². The zero-order chi connectivity index (χ0) is 18.2. The summed E-state index contributed by atoms with van der Waals surface area (Å²) in [5.41, 5.74) is 1.98. The number of para-hydroxylation sites is 1. The van der Waals surface area contributed by atoms with Crippen molar-refractivity contribution < 1.29 is 18.7 Å². The van der Waals surface area contributed by atoms with Crippen LogP contribution in [0.25, 0.3) is 11.0 Å². The van der Waals surface area contributed by atoms with Gasteiger partial charge in [0.2, 0.25) is 6.79 Å². The summed E-state index contributed by atoms with van der Waals surface area (Å²) in [6, 6.07) is 15.7. The van der Waals surface area contributed by atoms with E-state index in [9.17, 15) is 4.79 Å². The molecule has 0 spiro atoms. The number of benzene rings is 2. The third-order valence-electron chi connectivity index (χ3n) is 5.03. The number of hydrogen-bond acceptors (Lipinski definition) is 5. The number of rotatable bonds is 2. The molecule has 5 rings (SSSR count). The molecule has 5 nitrogen and oxygen atoms in total. The van der Waals surface area contributed by atoms with Gasteiger partial charge in [-0.15, -0.1) is 0 Å². The van der Waals surface area contributed by atoms with E-state index >= 15 is 0 Å². The molecule has 1 saturated heterocycles. The number of carbonyl (C=O) groups excluding carboxylic acids is 1. The molecule has 2 aliphatic heterocycles. The smallest absolute Gasteiger partial charge is 0.289 e. The Hall–Kier alpha value is -2.60. The van der Waals surface area contributed by atoms with E-state index in [0.717, 1.165) is 41.2 Å². The number of amides is 1. The van der Waals surface area contributed by atoms with Crippen molar-refractivity contribution in [1.82, 2.24) is 4.90 Å². The van der Waals surface area contributed by atoms with Crippen molar-refractivity contribution >= 4 is 28.6 Å². The topological polar surface area (TPSA) is 51.9 Å². The Morgan fingerprint density at radius 2 is 1.93 bits per heavy atom. The third-order valence-corrected chi connectivity index (χ3v) is 6.36. The van der Waals surface area contributed by atoms with Crippen LogP contribution in [-0.2, 0) is 0 Å². The Kier molecular flexibility index (Phi) is 4.20. The van der Waals surface area contributed by atoms with Gasteiger partial charge in [0.05, 0.1) is 0 Å². The van der Waals surface area contributed by atoms with Gasteiger partial charge in [0.25, 0.3) is 5.91 Å². The second kappa shape index (κ2) is 6.85. The summed E-state index contributed by atoms with van der Waals surface area (Å²) >= 11 is 1.88. The Labute approximate surface area is 161 Å². The lowest BCUT2D eigenvalue weighted by Crippen LogP contribution is -2.32. The minimum Gasteiger partial charge on any atom is -0.454 e. The lowest BCUT2D eigenvalue weighted by Gasteiger charge is -2.19. The Morgan fingerprint density at radius 1 is 1.04 bits per heavy atom. The molecule has 27 heavy (non-hydrogen) atoms. The van der Waals surface area contributed by atoms with Crippen LogP contribution in [0.5, 0.6) is 11.5 Å². The zero-order valence-corrected chi connectivity index (χ0v) is 15.5. The van der Waals surface area contributed by atoms with Crippen molar-refractivity contribution in [3.8, 4) is 11.5 Å². The summed E-state index contributed by atoms with van der Waals surface area (Å²) in [5.74, 6) is 2.90. The maximum atomic E-state index is 12.9. The molecule has 1 aromatic heterocycles. The first-order valence-corrected chi connectivity index (χ1v) is 10.1. The van der Waals surface area contributed by atoms with Crippen molar-refractivity contribution in [3.63, 3.8) is 0 Å². The largest absolute Gasteiger partial charge is 0.454 e. The molecule has 2 aromatic carbocycles. The summed E-state index contributed by atoms with van der Waals surface area (Å²) in [6.45, 7) is 1.72. The number of ether oxygens (including phenoxy) is 2. The molecular weight excluding hydrogens is 362 g/mol. The molecule has 3 aromatic rings. The van der Waals surface area contributed by atoms with Gasteiger partial charge in [0.15, 0.2) is 17.3 Å². The van der Waals surface area contributed by atoms with E-state index in [-0.39, 0.29) is 12.7 Å². The van der Waals surface area contributed by atoms with E-state index in [1.165, 1.54) is 5.56 Å². The molecule has 1 atom stereocenters. The molecule has 0 saturated carbocycles. The van der Waals surface area contributed by atoms with E-state index in [1.807, 2.05) is 53.1 Å². The molecule has 1 amide bonds. The van der Waals surface area contributed by atoms with Crippen LogP contribution in [0.3, 0.4) is 0 Å². The number of thioether (sulfide) groups is 1. The zero-order valence-electron chi connectivity index (χ0n) is 14.7. The quantitative estimate of drug-likeness (QED) is 0.655. The molecule has 0 N–H and O–H groups in total. The van der Waals surface area contributed by atoms with Crippen LogP contribution >= 0.6 is 11.8 Å². The fraction of sp³-hybridized carbons (Fsp3) is 0.286. The molecule has 6 heteroatoms. The molecule has 0 aliphatic carbocycles. The average Bonchev–Trinajstić information content (AvgIpc) is 3.27. The lowest BCUT2D eigenvalue weighted by molar-refractivity contribution is 0.0737. The lowest BCUT2D eigenvalue weighted by atomic mass is 10.1. The van der Waals surface area contributed by atoms with Crippen LogP contribution in [0.2, 0.25) is 0 Å². The number of fused-ring (bicyclic) bond motifs is 2. The first-order valence-electron chi connectivity index (χ1n) is 9.07. The molecule has 3 heterocycles. The molecule has 1 unspecified atom stereocenters. The SMILES string of the molecule is O=C(c1cc2ccccc2o1)N1CCSC(c2ccc3c(c2)OCO3)CC1. The fourth-order valence-electron chi connectivity index (χ4n) is 3.60. The van der Waals surface area contributed by atoms with Gasteiger partial charge in [-0.25, -0.2) is 0 Å². The van der Waals surface area contributed by atoms with Crippen molar-refractivity contribution in [3.05, 3.63) is 59.9 Å². The first kappa shape index (κ1) is 16.6. The van der Waals surface area contributed by atoms with E-state index in [4.69, 9.17) is 13.9 Å². The molecule has 0 bridgehead atoms. The maximum absolute atomic E-state index is 12.9. The number of hydrogen-bond donors (Lipinski definition) is 0. The van der Waals surface area contributed by atoms with Gasteiger partial charge in [-0.1, -0.05) is 24.3 Å². The van der Waals surface area contributed by atoms with Gasteiger partial charge in [-0.05, 0) is 36.2 Å². The van der Waals surface area contributed by atoms with Gasteiger partial charge < -0.3 is 18.8 Å². The fourth-order valence-corrected chi connectivity index (χ4v) is 4.82. The summed E-state index contributed by atoms with van der Waals surface area (Å²) in [4.78, 5) is 14.8. The van der Waals surface area contributed by atoms with E-state index in [1.54, 1.807) is 0 Å². The van der Waals surface area contributed by atoms with Crippen LogP contribution in [0, 0.1) is 0 Å². The van der Waals surface area contributed by atoms with Crippen LogP contribution in [-0.4, -0.2) is 36.4 Å². The molecule has 138 valence electrons. The second-order valence-electron chi connectivity index (χ2n) is 6.70. The van der Waals surface area contributed by atoms with Gasteiger partial charge in [0, 0.05) is 29.5 Å². The predicted octanol–water partition coefficient (Wildman–Crippen LogP) is 4.48. The highest BCUT2D eigenvalue weighted by Gasteiger charge is 2.26. The first-order chi connectivity index (χ1) is 13.3. The molecule has 1 fully saturated rings. The Morgan fingerprint density at radius 3 is 2.85 bits per heavy atom. The summed E-state index contributed by atoms with van der Waals surface area (Å²) in [5, 5.41) is 1.30. The Balaban J connectivity index is 1.31. The number of nitrogens with zero attached hydrogens (tertiary/aromatic N) is 1. The van der Waals surface area contributed by atoms with Gasteiger partial charge >= 0.3 is 0 Å². The van der Waals surface area contributed by atoms with Crippen LogP contribution in [0.15, 0.2) is 52.9 Å². The molecular formula is C21H19NO4S. The van der Waals surface area contributed by atoms with Crippen LogP contribution < -0.4 is 9.47 Å². The predicted molar refractivity (Wildman–Crippen MR) is 104 cm³/mol. The standard InChI is InChI=1S/C21H19NO4S/c23-21(19-11-14-3-1-2-4-16(14)26-19)22-8-7-20(27-10-9-22)15-5-6-17-18(12-15)25-13-24-17/h1-6,11-12,20H,7-10,13H2. The van der Waals surface area contributed by atoms with Gasteiger partial charge in [-0.3, -0.25) is 4.79 Å². The summed E-state index contributed by atoms with van der Waals surface area (Å²) in [7, 11) is 0. The molecule has 2 aliphatic rings. The number of furan rings is 1. The summed E-state index contributed by atoms with van der Waals surface area (Å²) < 4.78 is 16.7. The minimum absolute atomic E-state index is 0.0295. The van der Waals surface area contributed by atoms with E-state index < -0.39 is 0 Å². The third kappa shape index (κ3) is 3.14. The average molecular weight is 381 g/mol.